The van der Waals surface area contributed by atoms with Crippen LogP contribution < -0.4 is 5.32 Å². The van der Waals surface area contributed by atoms with E-state index in [9.17, 15) is 0 Å². The Morgan fingerprint density at radius 3 is 2.88 bits per heavy atom. The van der Waals surface area contributed by atoms with E-state index in [1.54, 1.807) is 6.20 Å². The van der Waals surface area contributed by atoms with Gasteiger partial charge in [-0.1, -0.05) is 11.3 Å². The van der Waals surface area contributed by atoms with E-state index in [-0.39, 0.29) is 18.2 Å². The van der Waals surface area contributed by atoms with Gasteiger partial charge in [0.05, 0.1) is 31.1 Å². The van der Waals surface area contributed by atoms with E-state index in [0.717, 1.165) is 23.9 Å². The van der Waals surface area contributed by atoms with Crippen LogP contribution in [-0.4, -0.2) is 58.0 Å². The van der Waals surface area contributed by atoms with Crippen LogP contribution in [0.15, 0.2) is 30.6 Å². The monoisotopic (exact) mass is 327 g/mol. The lowest BCUT2D eigenvalue weighted by Gasteiger charge is -2.17. The number of pyridine rings is 1. The molecule has 4 atom stereocenters. The average molecular weight is 327 g/mol. The van der Waals surface area contributed by atoms with Crippen LogP contribution in [0.3, 0.4) is 0 Å². The molecule has 0 amide bonds. The fourth-order valence-electron chi connectivity index (χ4n) is 3.59. The largest absolute Gasteiger partial charge is 0.371 e. The van der Waals surface area contributed by atoms with E-state index >= 15 is 0 Å². The van der Waals surface area contributed by atoms with E-state index in [4.69, 9.17) is 9.47 Å². The molecule has 0 spiro atoms. The second-order valence-corrected chi connectivity index (χ2v) is 6.92. The van der Waals surface area contributed by atoms with Crippen LogP contribution in [0.1, 0.15) is 18.9 Å². The quantitative estimate of drug-likeness (QED) is 0.885. The van der Waals surface area contributed by atoms with Gasteiger partial charge in [-0.2, -0.15) is 0 Å². The lowest BCUT2D eigenvalue weighted by molar-refractivity contribution is 0.0620. The summed E-state index contributed by atoms with van der Waals surface area (Å²) < 4.78 is 13.9. The second kappa shape index (κ2) is 5.91. The van der Waals surface area contributed by atoms with Crippen LogP contribution >= 0.6 is 0 Å². The molecule has 3 fully saturated rings. The van der Waals surface area contributed by atoms with Crippen molar-refractivity contribution in [2.75, 3.05) is 19.8 Å². The summed E-state index contributed by atoms with van der Waals surface area (Å²) in [6.45, 7) is 2.40. The molecular formula is C17H21N5O2. The zero-order valence-corrected chi connectivity index (χ0v) is 13.4. The molecule has 5 rings (SSSR count). The minimum Gasteiger partial charge on any atom is -0.371 e. The molecule has 4 heterocycles. The highest BCUT2D eigenvalue weighted by atomic mass is 16.6. The maximum absolute atomic E-state index is 6.03. The summed E-state index contributed by atoms with van der Waals surface area (Å²) >= 11 is 0. The Morgan fingerprint density at radius 2 is 2.04 bits per heavy atom. The summed E-state index contributed by atoms with van der Waals surface area (Å²) in [7, 11) is 0. The standard InChI is InChI=1S/C17H21N5O2/c1-2-6-18-12(3-1)13-8-22(21-20-13)15-10-24-16-14(9-23-17(15)16)19-7-11-4-5-11/h1-3,6,8,11,14-17,19H,4-5,7,9-10H2/t14-,15-,16+,17+/m0/s1. The summed E-state index contributed by atoms with van der Waals surface area (Å²) in [5.41, 5.74) is 1.61. The molecule has 2 aromatic heterocycles. The van der Waals surface area contributed by atoms with E-state index < -0.39 is 0 Å². The number of aromatic nitrogens is 4. The normalized spacial score (nSPS) is 32.2. The number of rotatable bonds is 5. The van der Waals surface area contributed by atoms with Gasteiger partial charge in [0.2, 0.25) is 0 Å². The van der Waals surface area contributed by atoms with Crippen LogP contribution in [-0.2, 0) is 9.47 Å². The summed E-state index contributed by atoms with van der Waals surface area (Å²) in [6, 6.07) is 6.15. The third-order valence-electron chi connectivity index (χ3n) is 5.17. The fourth-order valence-corrected chi connectivity index (χ4v) is 3.59. The van der Waals surface area contributed by atoms with Gasteiger partial charge in [0.1, 0.15) is 23.9 Å². The first-order valence-electron chi connectivity index (χ1n) is 8.68. The summed E-state index contributed by atoms with van der Waals surface area (Å²) in [4.78, 5) is 4.33. The Kier molecular flexibility index (Phi) is 3.57. The molecule has 2 saturated heterocycles. The molecular weight excluding hydrogens is 306 g/mol. The van der Waals surface area contributed by atoms with Gasteiger partial charge in [-0.3, -0.25) is 4.98 Å². The molecule has 0 radical (unpaired) electrons. The Labute approximate surface area is 140 Å². The summed E-state index contributed by atoms with van der Waals surface area (Å²) in [6.07, 6.45) is 6.56. The predicted molar refractivity (Wildman–Crippen MR) is 86.3 cm³/mol. The van der Waals surface area contributed by atoms with Gasteiger partial charge in [-0.05, 0) is 37.4 Å². The Hall–Kier alpha value is -1.83. The van der Waals surface area contributed by atoms with Gasteiger partial charge >= 0.3 is 0 Å². The van der Waals surface area contributed by atoms with Crippen molar-refractivity contribution < 1.29 is 9.47 Å². The van der Waals surface area contributed by atoms with Crippen molar-refractivity contribution in [3.05, 3.63) is 30.6 Å². The SMILES string of the molecule is c1ccc(-c2cn([C@H]3CO[C@H]4[C@@H]3OC[C@@H]4NCC3CC3)nn2)nc1. The average Bonchev–Trinajstić information content (AvgIpc) is 3.01. The molecule has 2 aromatic rings. The molecule has 0 unspecified atom stereocenters. The third kappa shape index (κ3) is 2.62. The first-order valence-corrected chi connectivity index (χ1v) is 8.68. The lowest BCUT2D eigenvalue weighted by Crippen LogP contribution is -2.41. The van der Waals surface area contributed by atoms with E-state index in [1.165, 1.54) is 12.8 Å². The highest BCUT2D eigenvalue weighted by Gasteiger charge is 2.49. The lowest BCUT2D eigenvalue weighted by atomic mass is 10.1. The number of hydrogen-bond acceptors (Lipinski definition) is 6. The molecule has 7 heteroatoms. The van der Waals surface area contributed by atoms with Gasteiger partial charge in [-0.15, -0.1) is 5.10 Å². The van der Waals surface area contributed by atoms with Crippen molar-refractivity contribution in [3.8, 4) is 11.4 Å². The molecule has 1 N–H and O–H groups in total. The molecule has 2 aliphatic heterocycles. The highest BCUT2D eigenvalue weighted by molar-refractivity contribution is 5.51. The first-order chi connectivity index (χ1) is 11.9. The first kappa shape index (κ1) is 14.5. The maximum atomic E-state index is 6.03. The van der Waals surface area contributed by atoms with Crippen LogP contribution in [0.25, 0.3) is 11.4 Å². The maximum Gasteiger partial charge on any atom is 0.131 e. The number of ether oxygens (including phenoxy) is 2. The Balaban J connectivity index is 1.29. The fraction of sp³-hybridized carbons (Fsp3) is 0.588. The van der Waals surface area contributed by atoms with Crippen molar-refractivity contribution in [2.24, 2.45) is 5.92 Å². The molecule has 126 valence electrons. The molecule has 1 aliphatic carbocycles. The van der Waals surface area contributed by atoms with Crippen molar-refractivity contribution in [3.63, 3.8) is 0 Å². The van der Waals surface area contributed by atoms with Crippen molar-refractivity contribution in [1.29, 1.82) is 0 Å². The molecule has 7 nitrogen and oxygen atoms in total. The second-order valence-electron chi connectivity index (χ2n) is 6.92. The number of nitrogens with one attached hydrogen (secondary N) is 1. The van der Waals surface area contributed by atoms with Gasteiger partial charge in [0.25, 0.3) is 0 Å². The summed E-state index contributed by atoms with van der Waals surface area (Å²) in [5.74, 6) is 0.859. The molecule has 1 saturated carbocycles. The smallest absolute Gasteiger partial charge is 0.131 e. The van der Waals surface area contributed by atoms with Crippen LogP contribution in [0, 0.1) is 5.92 Å². The van der Waals surface area contributed by atoms with E-state index in [0.29, 0.717) is 19.3 Å². The highest BCUT2D eigenvalue weighted by Crippen LogP contribution is 2.35. The zero-order valence-electron chi connectivity index (χ0n) is 13.4. The van der Waals surface area contributed by atoms with Crippen LogP contribution in [0.4, 0.5) is 0 Å². The van der Waals surface area contributed by atoms with E-state index in [2.05, 4.69) is 20.6 Å². The van der Waals surface area contributed by atoms with Gasteiger partial charge in [0, 0.05) is 6.20 Å². The van der Waals surface area contributed by atoms with Crippen LogP contribution in [0.5, 0.6) is 0 Å². The van der Waals surface area contributed by atoms with Crippen molar-refractivity contribution in [1.82, 2.24) is 25.3 Å². The van der Waals surface area contributed by atoms with E-state index in [1.807, 2.05) is 29.1 Å². The van der Waals surface area contributed by atoms with Gasteiger partial charge < -0.3 is 14.8 Å². The van der Waals surface area contributed by atoms with Gasteiger partial charge in [-0.25, -0.2) is 4.68 Å². The number of nitrogens with zero attached hydrogens (tertiary/aromatic N) is 4. The number of hydrogen-bond donors (Lipinski definition) is 1. The summed E-state index contributed by atoms with van der Waals surface area (Å²) in [5, 5.41) is 12.2. The van der Waals surface area contributed by atoms with Crippen molar-refractivity contribution in [2.45, 2.75) is 37.1 Å². The van der Waals surface area contributed by atoms with Gasteiger partial charge in [0.15, 0.2) is 0 Å². The predicted octanol–water partition coefficient (Wildman–Crippen LogP) is 1.05. The minimum atomic E-state index is 0.0417. The molecule has 3 aliphatic rings. The Bertz CT molecular complexity index is 702. The molecule has 0 aromatic carbocycles. The zero-order chi connectivity index (χ0) is 15.9. The molecule has 24 heavy (non-hydrogen) atoms. The topological polar surface area (TPSA) is 74.1 Å². The van der Waals surface area contributed by atoms with Crippen LogP contribution in [0.2, 0.25) is 0 Å². The Morgan fingerprint density at radius 1 is 1.12 bits per heavy atom. The molecule has 0 bridgehead atoms. The van der Waals surface area contributed by atoms with Crippen molar-refractivity contribution >= 4 is 0 Å². The minimum absolute atomic E-state index is 0.0417. The third-order valence-corrected chi connectivity index (χ3v) is 5.17. The number of fused-ring (bicyclic) bond motifs is 1.